The van der Waals surface area contributed by atoms with Gasteiger partial charge >= 0.3 is 5.97 Å². The zero-order valence-corrected chi connectivity index (χ0v) is 7.55. The molecular weight excluding hydrogens is 159 g/mol. The standard InChI is InChI=1S/C9H17FO2/c1-8(4-2-3-7-10)5-6-9(11)12/h8H,2-7H2,1H3,(H,11,12). The van der Waals surface area contributed by atoms with E-state index in [1.54, 1.807) is 0 Å². The summed E-state index contributed by atoms with van der Waals surface area (Å²) in [6.07, 6.45) is 3.37. The zero-order chi connectivity index (χ0) is 9.40. The van der Waals surface area contributed by atoms with Gasteiger partial charge in [0, 0.05) is 6.42 Å². The van der Waals surface area contributed by atoms with Crippen LogP contribution in [0.2, 0.25) is 0 Å². The van der Waals surface area contributed by atoms with Crippen molar-refractivity contribution in [2.45, 2.75) is 39.0 Å². The fraction of sp³-hybridized carbons (Fsp3) is 0.889. The number of halogens is 1. The normalized spacial score (nSPS) is 12.8. The Kier molecular flexibility index (Phi) is 6.72. The first kappa shape index (κ1) is 11.4. The molecule has 1 unspecified atom stereocenters. The van der Waals surface area contributed by atoms with Crippen molar-refractivity contribution in [1.82, 2.24) is 0 Å². The molecule has 0 aliphatic heterocycles. The molecule has 0 spiro atoms. The maximum Gasteiger partial charge on any atom is 0.303 e. The molecule has 1 atom stereocenters. The predicted molar refractivity (Wildman–Crippen MR) is 45.9 cm³/mol. The Morgan fingerprint density at radius 3 is 2.58 bits per heavy atom. The first-order valence-electron chi connectivity index (χ1n) is 4.44. The smallest absolute Gasteiger partial charge is 0.303 e. The number of alkyl halides is 1. The second-order valence-electron chi connectivity index (χ2n) is 3.22. The predicted octanol–water partition coefficient (Wildman–Crippen LogP) is 2.63. The molecule has 0 aliphatic rings. The summed E-state index contributed by atoms with van der Waals surface area (Å²) in [6, 6.07) is 0. The van der Waals surface area contributed by atoms with Gasteiger partial charge in [-0.05, 0) is 18.8 Å². The lowest BCUT2D eigenvalue weighted by atomic mass is 9.99. The van der Waals surface area contributed by atoms with Gasteiger partial charge in [0.2, 0.25) is 0 Å². The van der Waals surface area contributed by atoms with Gasteiger partial charge in [-0.1, -0.05) is 19.8 Å². The third kappa shape index (κ3) is 7.51. The second kappa shape index (κ2) is 7.07. The van der Waals surface area contributed by atoms with E-state index >= 15 is 0 Å². The van der Waals surface area contributed by atoms with E-state index in [2.05, 4.69) is 0 Å². The van der Waals surface area contributed by atoms with Crippen LogP contribution >= 0.6 is 0 Å². The maximum atomic E-state index is 11.7. The molecule has 0 aromatic carbocycles. The number of rotatable bonds is 7. The van der Waals surface area contributed by atoms with Crippen LogP contribution in [0.5, 0.6) is 0 Å². The van der Waals surface area contributed by atoms with Crippen molar-refractivity contribution >= 4 is 5.97 Å². The van der Waals surface area contributed by atoms with Crippen molar-refractivity contribution in [3.05, 3.63) is 0 Å². The molecule has 0 amide bonds. The van der Waals surface area contributed by atoms with Gasteiger partial charge in [0.15, 0.2) is 0 Å². The monoisotopic (exact) mass is 176 g/mol. The summed E-state index contributed by atoms with van der Waals surface area (Å²) in [4.78, 5) is 10.2. The molecule has 0 aromatic rings. The molecule has 0 bridgehead atoms. The second-order valence-corrected chi connectivity index (χ2v) is 3.22. The highest BCUT2D eigenvalue weighted by atomic mass is 19.1. The van der Waals surface area contributed by atoms with E-state index in [1.807, 2.05) is 6.92 Å². The summed E-state index contributed by atoms with van der Waals surface area (Å²) in [6.45, 7) is 1.76. The molecule has 12 heavy (non-hydrogen) atoms. The molecule has 0 aromatic heterocycles. The Labute approximate surface area is 72.8 Å². The van der Waals surface area contributed by atoms with Gasteiger partial charge in [0.1, 0.15) is 0 Å². The van der Waals surface area contributed by atoms with Gasteiger partial charge in [-0.15, -0.1) is 0 Å². The number of aliphatic carboxylic acids is 1. The molecule has 0 fully saturated rings. The van der Waals surface area contributed by atoms with Gasteiger partial charge < -0.3 is 5.11 Å². The Balaban J connectivity index is 3.21. The minimum atomic E-state index is -0.743. The van der Waals surface area contributed by atoms with E-state index < -0.39 is 5.97 Å². The summed E-state index contributed by atoms with van der Waals surface area (Å²) in [5.74, 6) is -0.333. The highest BCUT2D eigenvalue weighted by molar-refractivity contribution is 5.66. The Morgan fingerprint density at radius 2 is 2.08 bits per heavy atom. The van der Waals surface area contributed by atoms with Crippen LogP contribution < -0.4 is 0 Å². The molecule has 0 radical (unpaired) electrons. The molecular formula is C9H17FO2. The SMILES string of the molecule is CC(CCCCF)CCC(=O)O. The van der Waals surface area contributed by atoms with E-state index in [0.717, 1.165) is 12.8 Å². The van der Waals surface area contributed by atoms with Crippen LogP contribution in [-0.2, 0) is 4.79 Å². The van der Waals surface area contributed by atoms with Gasteiger partial charge in [-0.25, -0.2) is 0 Å². The first-order chi connectivity index (χ1) is 5.66. The number of carboxylic acid groups (broad SMARTS) is 1. The van der Waals surface area contributed by atoms with Crippen molar-refractivity contribution in [3.8, 4) is 0 Å². The first-order valence-corrected chi connectivity index (χ1v) is 4.44. The molecule has 0 rings (SSSR count). The Hall–Kier alpha value is -0.600. The fourth-order valence-electron chi connectivity index (χ4n) is 1.10. The van der Waals surface area contributed by atoms with Crippen LogP contribution in [0.3, 0.4) is 0 Å². The quantitative estimate of drug-likeness (QED) is 0.605. The summed E-state index contributed by atoms with van der Waals surface area (Å²) >= 11 is 0. The van der Waals surface area contributed by atoms with Crippen molar-refractivity contribution in [1.29, 1.82) is 0 Å². The van der Waals surface area contributed by atoms with Gasteiger partial charge in [0.05, 0.1) is 6.67 Å². The lowest BCUT2D eigenvalue weighted by Gasteiger charge is -2.07. The van der Waals surface area contributed by atoms with E-state index in [9.17, 15) is 9.18 Å². The largest absolute Gasteiger partial charge is 0.481 e. The number of carbonyl (C=O) groups is 1. The summed E-state index contributed by atoms with van der Waals surface area (Å²) in [5, 5.41) is 8.37. The van der Waals surface area contributed by atoms with E-state index in [0.29, 0.717) is 18.8 Å². The summed E-state index contributed by atoms with van der Waals surface area (Å²) in [5.41, 5.74) is 0. The van der Waals surface area contributed by atoms with Gasteiger partial charge in [0.25, 0.3) is 0 Å². The van der Waals surface area contributed by atoms with Crippen LogP contribution in [0, 0.1) is 5.92 Å². The highest BCUT2D eigenvalue weighted by Gasteiger charge is 2.04. The average molecular weight is 176 g/mol. The number of carboxylic acids is 1. The van der Waals surface area contributed by atoms with E-state index in [1.165, 1.54) is 0 Å². The maximum absolute atomic E-state index is 11.7. The summed E-state index contributed by atoms with van der Waals surface area (Å²) in [7, 11) is 0. The third-order valence-corrected chi connectivity index (χ3v) is 1.93. The van der Waals surface area contributed by atoms with Crippen molar-refractivity contribution < 1.29 is 14.3 Å². The third-order valence-electron chi connectivity index (χ3n) is 1.93. The molecule has 0 saturated heterocycles. The van der Waals surface area contributed by atoms with E-state index in [-0.39, 0.29) is 13.1 Å². The van der Waals surface area contributed by atoms with Gasteiger partial charge in [-0.3, -0.25) is 9.18 Å². The zero-order valence-electron chi connectivity index (χ0n) is 7.55. The van der Waals surface area contributed by atoms with Crippen LogP contribution in [0.15, 0.2) is 0 Å². The molecule has 72 valence electrons. The molecule has 0 aliphatic carbocycles. The minimum Gasteiger partial charge on any atom is -0.481 e. The van der Waals surface area contributed by atoms with Crippen molar-refractivity contribution in [3.63, 3.8) is 0 Å². The minimum absolute atomic E-state index is 0.233. The number of hydrogen-bond donors (Lipinski definition) is 1. The Morgan fingerprint density at radius 1 is 1.42 bits per heavy atom. The topological polar surface area (TPSA) is 37.3 Å². The molecule has 3 heteroatoms. The Bertz CT molecular complexity index is 126. The van der Waals surface area contributed by atoms with E-state index in [4.69, 9.17) is 5.11 Å². The number of hydrogen-bond acceptors (Lipinski definition) is 1. The number of unbranched alkanes of at least 4 members (excludes halogenated alkanes) is 1. The summed E-state index contributed by atoms with van der Waals surface area (Å²) < 4.78 is 11.7. The molecule has 1 N–H and O–H groups in total. The molecule has 0 saturated carbocycles. The van der Waals surface area contributed by atoms with Crippen LogP contribution in [0.1, 0.15) is 39.0 Å². The molecule has 2 nitrogen and oxygen atoms in total. The lowest BCUT2D eigenvalue weighted by Crippen LogP contribution is -2.01. The van der Waals surface area contributed by atoms with Crippen LogP contribution in [0.4, 0.5) is 4.39 Å². The van der Waals surface area contributed by atoms with Gasteiger partial charge in [-0.2, -0.15) is 0 Å². The van der Waals surface area contributed by atoms with Crippen molar-refractivity contribution in [2.75, 3.05) is 6.67 Å². The van der Waals surface area contributed by atoms with Crippen LogP contribution in [-0.4, -0.2) is 17.8 Å². The lowest BCUT2D eigenvalue weighted by molar-refractivity contribution is -0.137. The average Bonchev–Trinajstić information content (AvgIpc) is 2.01. The highest BCUT2D eigenvalue weighted by Crippen LogP contribution is 2.13. The van der Waals surface area contributed by atoms with Crippen LogP contribution in [0.25, 0.3) is 0 Å². The molecule has 0 heterocycles. The van der Waals surface area contributed by atoms with Crippen molar-refractivity contribution in [2.24, 2.45) is 5.92 Å². The fourth-order valence-corrected chi connectivity index (χ4v) is 1.10.